The van der Waals surface area contributed by atoms with Crippen molar-refractivity contribution in [1.29, 1.82) is 0 Å². The molecule has 0 N–H and O–H groups in total. The molecule has 6 heteroatoms. The second-order valence-electron chi connectivity index (χ2n) is 6.99. The summed E-state index contributed by atoms with van der Waals surface area (Å²) in [7, 11) is 0. The molecule has 150 valence electrons. The summed E-state index contributed by atoms with van der Waals surface area (Å²) in [5.41, 5.74) is 3.26. The number of hydrogen-bond donors (Lipinski definition) is 0. The summed E-state index contributed by atoms with van der Waals surface area (Å²) in [5, 5.41) is 11.7. The number of carbonyl (C=O) groups excluding carboxylic acids is 1. The number of halogens is 1. The summed E-state index contributed by atoms with van der Waals surface area (Å²) < 4.78 is 0. The van der Waals surface area contributed by atoms with Gasteiger partial charge in [-0.1, -0.05) is 71.4 Å². The number of carbonyl (C=O) groups is 1. The zero-order chi connectivity index (χ0) is 20.6. The van der Waals surface area contributed by atoms with Crippen molar-refractivity contribution in [3.8, 4) is 0 Å². The molecule has 0 aliphatic carbocycles. The van der Waals surface area contributed by atoms with E-state index >= 15 is 0 Å². The molecular weight excluding hydrogens is 425 g/mol. The molecule has 0 bridgehead atoms. The smallest absolute Gasteiger partial charge is 0.550 e. The minimum Gasteiger partial charge on any atom is -0.550 e. The van der Waals surface area contributed by atoms with Crippen molar-refractivity contribution in [2.45, 2.75) is 36.2 Å². The average Bonchev–Trinajstić information content (AvgIpc) is 2.70. The Morgan fingerprint density at radius 2 is 1.70 bits per heavy atom. The number of aliphatic carboxylic acids is 1. The molecule has 0 fully saturated rings. The molecule has 3 rings (SSSR count). The van der Waals surface area contributed by atoms with Gasteiger partial charge in [0.2, 0.25) is 0 Å². The third kappa shape index (κ3) is 8.10. The zero-order valence-electron chi connectivity index (χ0n) is 17.3. The molecule has 0 heterocycles. The summed E-state index contributed by atoms with van der Waals surface area (Å²) >= 11 is 8.07. The fraction of sp³-hybridized carbons (Fsp3) is 0.208. The van der Waals surface area contributed by atoms with Gasteiger partial charge in [-0.25, -0.2) is 0 Å². The number of nitrogens with zero attached hydrogens (tertiary/aromatic N) is 1. The fourth-order valence-electron chi connectivity index (χ4n) is 3.12. The molecule has 3 aromatic carbocycles. The Hall–Kier alpha value is -1.27. The van der Waals surface area contributed by atoms with Crippen molar-refractivity contribution in [2.75, 3.05) is 6.54 Å². The van der Waals surface area contributed by atoms with Crippen LogP contribution in [0.2, 0.25) is 5.02 Å². The van der Waals surface area contributed by atoms with Crippen molar-refractivity contribution in [3.63, 3.8) is 0 Å². The SMILES string of the molecule is Cc1ccc(Cl)c(CN(CCC(=O)[O-])Cc2cccc(Sc3ccccc3)c2)c1.[Na+]. The first kappa shape index (κ1) is 25.0. The van der Waals surface area contributed by atoms with E-state index in [1.54, 1.807) is 11.8 Å². The van der Waals surface area contributed by atoms with Gasteiger partial charge in [0, 0.05) is 40.4 Å². The van der Waals surface area contributed by atoms with Crippen LogP contribution >= 0.6 is 23.4 Å². The Kier molecular flexibility index (Phi) is 10.5. The van der Waals surface area contributed by atoms with Gasteiger partial charge in [0.15, 0.2) is 0 Å². The van der Waals surface area contributed by atoms with Crippen LogP contribution in [0.25, 0.3) is 0 Å². The molecule has 3 nitrogen and oxygen atoms in total. The number of benzene rings is 3. The van der Waals surface area contributed by atoms with Crippen LogP contribution in [0, 0.1) is 6.92 Å². The maximum absolute atomic E-state index is 11.0. The fourth-order valence-corrected chi connectivity index (χ4v) is 4.22. The molecule has 0 spiro atoms. The predicted molar refractivity (Wildman–Crippen MR) is 117 cm³/mol. The Balaban J connectivity index is 0.00000320. The van der Waals surface area contributed by atoms with E-state index in [0.717, 1.165) is 21.6 Å². The average molecular weight is 448 g/mol. The van der Waals surface area contributed by atoms with Gasteiger partial charge < -0.3 is 9.90 Å². The molecule has 0 saturated heterocycles. The van der Waals surface area contributed by atoms with Crippen LogP contribution in [0.5, 0.6) is 0 Å². The minimum atomic E-state index is -1.04. The van der Waals surface area contributed by atoms with Gasteiger partial charge in [-0.2, -0.15) is 0 Å². The second-order valence-corrected chi connectivity index (χ2v) is 8.54. The van der Waals surface area contributed by atoms with Crippen LogP contribution in [0.15, 0.2) is 82.6 Å². The van der Waals surface area contributed by atoms with Crippen LogP contribution in [0.4, 0.5) is 0 Å². The maximum atomic E-state index is 11.0. The summed E-state index contributed by atoms with van der Waals surface area (Å²) in [6.45, 7) is 3.66. The van der Waals surface area contributed by atoms with Crippen molar-refractivity contribution in [3.05, 3.63) is 94.5 Å². The quantitative estimate of drug-likeness (QED) is 0.470. The predicted octanol–water partition coefficient (Wildman–Crippen LogP) is 1.95. The molecule has 0 saturated carbocycles. The molecule has 0 amide bonds. The van der Waals surface area contributed by atoms with Crippen LogP contribution in [-0.4, -0.2) is 17.4 Å². The minimum absolute atomic E-state index is 0. The molecule has 0 unspecified atom stereocenters. The van der Waals surface area contributed by atoms with E-state index in [9.17, 15) is 9.90 Å². The van der Waals surface area contributed by atoms with E-state index < -0.39 is 5.97 Å². The summed E-state index contributed by atoms with van der Waals surface area (Å²) in [6, 6.07) is 24.5. The van der Waals surface area contributed by atoms with Crippen molar-refractivity contribution in [2.24, 2.45) is 0 Å². The van der Waals surface area contributed by atoms with E-state index in [1.807, 2.05) is 43.3 Å². The number of rotatable bonds is 9. The van der Waals surface area contributed by atoms with E-state index in [2.05, 4.69) is 41.3 Å². The topological polar surface area (TPSA) is 43.4 Å². The molecule has 30 heavy (non-hydrogen) atoms. The van der Waals surface area contributed by atoms with E-state index in [-0.39, 0.29) is 36.0 Å². The van der Waals surface area contributed by atoms with Gasteiger partial charge in [-0.05, 0) is 54.8 Å². The molecule has 0 aliphatic rings. The van der Waals surface area contributed by atoms with Gasteiger partial charge in [0.1, 0.15) is 0 Å². The maximum Gasteiger partial charge on any atom is 1.00 e. The van der Waals surface area contributed by atoms with Crippen molar-refractivity contribution < 1.29 is 39.5 Å². The molecular formula is C24H23ClNNaO2S. The molecule has 0 atom stereocenters. The van der Waals surface area contributed by atoms with Gasteiger partial charge in [0.25, 0.3) is 0 Å². The summed E-state index contributed by atoms with van der Waals surface area (Å²) in [5.74, 6) is -1.04. The van der Waals surface area contributed by atoms with E-state index in [1.165, 1.54) is 4.90 Å². The third-order valence-corrected chi connectivity index (χ3v) is 5.88. The van der Waals surface area contributed by atoms with Gasteiger partial charge >= 0.3 is 29.6 Å². The number of carboxylic acids is 1. The Morgan fingerprint density at radius 1 is 0.967 bits per heavy atom. The Morgan fingerprint density at radius 3 is 2.43 bits per heavy atom. The van der Waals surface area contributed by atoms with Crippen LogP contribution in [0.3, 0.4) is 0 Å². The largest absolute Gasteiger partial charge is 1.00 e. The molecule has 3 aromatic rings. The molecule has 0 aliphatic heterocycles. The van der Waals surface area contributed by atoms with E-state index in [4.69, 9.17) is 11.6 Å². The van der Waals surface area contributed by atoms with Crippen LogP contribution < -0.4 is 34.7 Å². The molecule has 0 aromatic heterocycles. The molecule has 0 radical (unpaired) electrons. The van der Waals surface area contributed by atoms with Crippen LogP contribution in [0.1, 0.15) is 23.1 Å². The summed E-state index contributed by atoms with van der Waals surface area (Å²) in [4.78, 5) is 15.5. The number of carboxylic acid groups (broad SMARTS) is 1. The number of hydrogen-bond acceptors (Lipinski definition) is 4. The van der Waals surface area contributed by atoms with Crippen LogP contribution in [-0.2, 0) is 17.9 Å². The zero-order valence-corrected chi connectivity index (χ0v) is 20.9. The first-order chi connectivity index (χ1) is 14.0. The van der Waals surface area contributed by atoms with Gasteiger partial charge in [-0.15, -0.1) is 0 Å². The number of aryl methyl sites for hydroxylation is 1. The Bertz CT molecular complexity index is 968. The monoisotopic (exact) mass is 447 g/mol. The normalized spacial score (nSPS) is 10.6. The third-order valence-electron chi connectivity index (χ3n) is 4.51. The van der Waals surface area contributed by atoms with E-state index in [0.29, 0.717) is 24.7 Å². The van der Waals surface area contributed by atoms with Crippen molar-refractivity contribution in [1.82, 2.24) is 4.90 Å². The second kappa shape index (κ2) is 12.6. The van der Waals surface area contributed by atoms with Gasteiger partial charge in [0.05, 0.1) is 0 Å². The Labute approximate surface area is 209 Å². The summed E-state index contributed by atoms with van der Waals surface area (Å²) in [6.07, 6.45) is -0.0120. The van der Waals surface area contributed by atoms with Gasteiger partial charge in [-0.3, -0.25) is 4.90 Å². The first-order valence-electron chi connectivity index (χ1n) is 9.48. The standard InChI is InChI=1S/C24H24ClNO2S.Na/c1-18-10-11-23(25)20(14-18)17-26(13-12-24(27)28)16-19-6-5-9-22(15-19)29-21-7-3-2-4-8-21;/h2-11,14-15H,12-13,16-17H2,1H3,(H,27,28);/q;+1/p-1. The van der Waals surface area contributed by atoms with Crippen molar-refractivity contribution >= 4 is 29.3 Å². The first-order valence-corrected chi connectivity index (χ1v) is 10.7.